The van der Waals surface area contributed by atoms with Crippen LogP contribution in [-0.2, 0) is 15.8 Å². The number of nitrogens with one attached hydrogen (secondary N) is 2. The first-order valence-electron chi connectivity index (χ1n) is 7.00. The van der Waals surface area contributed by atoms with Gasteiger partial charge in [0.15, 0.2) is 5.17 Å². The third kappa shape index (κ3) is 5.23. The molecule has 0 spiro atoms. The second kappa shape index (κ2) is 7.92. The Morgan fingerprint density at radius 1 is 1.48 bits per heavy atom. The van der Waals surface area contributed by atoms with Crippen molar-refractivity contribution in [1.82, 2.24) is 5.32 Å². The van der Waals surface area contributed by atoms with E-state index >= 15 is 0 Å². The van der Waals surface area contributed by atoms with Crippen molar-refractivity contribution in [3.8, 4) is 0 Å². The summed E-state index contributed by atoms with van der Waals surface area (Å²) in [5.74, 6) is -1.02. The van der Waals surface area contributed by atoms with Crippen LogP contribution in [0.1, 0.15) is 12.0 Å². The second-order valence-corrected chi connectivity index (χ2v) is 6.57. The van der Waals surface area contributed by atoms with Crippen LogP contribution in [0, 0.1) is 0 Å². The Bertz CT molecular complexity index is 737. The number of carbonyl (C=O) groups is 2. The fraction of sp³-hybridized carbons (Fsp3) is 0.267. The number of rotatable bonds is 5. The molecule has 0 saturated carbocycles. The van der Waals surface area contributed by atoms with Gasteiger partial charge in [-0.2, -0.15) is 13.2 Å². The number of benzene rings is 1. The van der Waals surface area contributed by atoms with Crippen molar-refractivity contribution in [2.45, 2.75) is 17.8 Å². The minimum Gasteiger partial charge on any atom is -0.325 e. The average molecular weight is 392 g/mol. The summed E-state index contributed by atoms with van der Waals surface area (Å²) in [6, 6.07) is 2.62. The van der Waals surface area contributed by atoms with Crippen LogP contribution in [0.2, 0.25) is 5.02 Å². The van der Waals surface area contributed by atoms with Crippen molar-refractivity contribution < 1.29 is 22.8 Å². The number of thioether (sulfide) groups is 1. The van der Waals surface area contributed by atoms with Gasteiger partial charge >= 0.3 is 6.18 Å². The molecule has 1 heterocycles. The van der Waals surface area contributed by atoms with E-state index in [9.17, 15) is 22.8 Å². The monoisotopic (exact) mass is 391 g/mol. The largest absolute Gasteiger partial charge is 0.416 e. The summed E-state index contributed by atoms with van der Waals surface area (Å²) in [5, 5.41) is 4.46. The van der Waals surface area contributed by atoms with Crippen molar-refractivity contribution in [3.63, 3.8) is 0 Å². The third-order valence-electron chi connectivity index (χ3n) is 3.08. The molecule has 134 valence electrons. The smallest absolute Gasteiger partial charge is 0.325 e. The summed E-state index contributed by atoms with van der Waals surface area (Å²) in [6.45, 7) is 3.82. The van der Waals surface area contributed by atoms with Crippen LogP contribution in [0.3, 0.4) is 0 Å². The van der Waals surface area contributed by atoms with Gasteiger partial charge in [-0.05, 0) is 18.2 Å². The SMILES string of the molecule is C=CCN=C1NC(=O)[C@@H](CC(=O)Nc2cc(C(F)(F)F)ccc2Cl)S1. The Morgan fingerprint density at radius 3 is 2.84 bits per heavy atom. The number of hydrogen-bond donors (Lipinski definition) is 2. The molecule has 5 nitrogen and oxygen atoms in total. The molecule has 2 amide bonds. The molecule has 25 heavy (non-hydrogen) atoms. The van der Waals surface area contributed by atoms with E-state index in [1.165, 1.54) is 0 Å². The maximum Gasteiger partial charge on any atom is 0.416 e. The number of carbonyl (C=O) groups excluding carboxylic acids is 2. The summed E-state index contributed by atoms with van der Waals surface area (Å²) in [6.07, 6.45) is -3.23. The predicted molar refractivity (Wildman–Crippen MR) is 91.7 cm³/mol. The first kappa shape index (κ1) is 19.3. The van der Waals surface area contributed by atoms with Crippen LogP contribution >= 0.6 is 23.4 Å². The molecule has 1 aromatic rings. The maximum atomic E-state index is 12.7. The molecular formula is C15H13ClF3N3O2S. The number of aliphatic imine (C=N–C) groups is 1. The van der Waals surface area contributed by atoms with Gasteiger partial charge in [0.2, 0.25) is 11.8 Å². The molecular weight excluding hydrogens is 379 g/mol. The highest BCUT2D eigenvalue weighted by molar-refractivity contribution is 8.15. The third-order valence-corrected chi connectivity index (χ3v) is 4.53. The normalized spacial score (nSPS) is 19.0. The highest BCUT2D eigenvalue weighted by Gasteiger charge is 2.33. The minimum absolute atomic E-state index is 0.0295. The highest BCUT2D eigenvalue weighted by Crippen LogP contribution is 2.34. The zero-order valence-electron chi connectivity index (χ0n) is 12.7. The van der Waals surface area contributed by atoms with Gasteiger partial charge < -0.3 is 10.6 Å². The topological polar surface area (TPSA) is 70.6 Å². The van der Waals surface area contributed by atoms with Gasteiger partial charge in [0.05, 0.1) is 22.8 Å². The molecule has 2 N–H and O–H groups in total. The summed E-state index contributed by atoms with van der Waals surface area (Å²) < 4.78 is 38.2. The Morgan fingerprint density at radius 2 is 2.20 bits per heavy atom. The quantitative estimate of drug-likeness (QED) is 0.755. The van der Waals surface area contributed by atoms with E-state index in [0.717, 1.165) is 30.0 Å². The zero-order valence-corrected chi connectivity index (χ0v) is 14.3. The van der Waals surface area contributed by atoms with Gasteiger partial charge in [-0.25, -0.2) is 0 Å². The van der Waals surface area contributed by atoms with E-state index < -0.39 is 28.8 Å². The van der Waals surface area contributed by atoms with Gasteiger partial charge in [0, 0.05) is 6.42 Å². The van der Waals surface area contributed by atoms with E-state index in [4.69, 9.17) is 11.6 Å². The average Bonchev–Trinajstić information content (AvgIpc) is 2.86. The number of halogens is 4. The molecule has 0 bridgehead atoms. The van der Waals surface area contributed by atoms with Gasteiger partial charge in [-0.15, -0.1) is 6.58 Å². The molecule has 0 radical (unpaired) electrons. The molecule has 1 saturated heterocycles. The van der Waals surface area contributed by atoms with Gasteiger partial charge in [0.1, 0.15) is 5.25 Å². The molecule has 0 aromatic heterocycles. The number of nitrogens with zero attached hydrogens (tertiary/aromatic N) is 1. The van der Waals surface area contributed by atoms with Crippen LogP contribution in [0.25, 0.3) is 0 Å². The number of anilines is 1. The lowest BCUT2D eigenvalue weighted by Gasteiger charge is -2.12. The van der Waals surface area contributed by atoms with Crippen molar-refractivity contribution in [1.29, 1.82) is 0 Å². The highest BCUT2D eigenvalue weighted by atomic mass is 35.5. The lowest BCUT2D eigenvalue weighted by molar-refractivity contribution is -0.137. The summed E-state index contributed by atoms with van der Waals surface area (Å²) in [4.78, 5) is 27.9. The Kier molecular flexibility index (Phi) is 6.12. The van der Waals surface area contributed by atoms with E-state index in [1.54, 1.807) is 6.08 Å². The first-order valence-corrected chi connectivity index (χ1v) is 8.26. The Hall–Kier alpha value is -2.00. The zero-order chi connectivity index (χ0) is 18.6. The fourth-order valence-electron chi connectivity index (χ4n) is 1.93. The Balaban J connectivity index is 2.03. The molecule has 0 aliphatic carbocycles. The van der Waals surface area contributed by atoms with Crippen LogP contribution in [0.4, 0.5) is 18.9 Å². The number of amidine groups is 1. The molecule has 1 aliphatic heterocycles. The number of amides is 2. The molecule has 1 fully saturated rings. The Labute approximate surface area is 150 Å². The van der Waals surface area contributed by atoms with E-state index in [1.807, 2.05) is 0 Å². The maximum absolute atomic E-state index is 12.7. The molecule has 0 unspecified atom stereocenters. The molecule has 1 aliphatic rings. The first-order chi connectivity index (χ1) is 11.7. The van der Waals surface area contributed by atoms with Gasteiger partial charge in [0.25, 0.3) is 0 Å². The standard InChI is InChI=1S/C15H13ClF3N3O2S/c1-2-5-20-14-22-13(24)11(25-14)7-12(23)21-10-6-8(15(17,18)19)3-4-9(10)16/h2-4,6,11H,1,5,7H2,(H,21,23)(H,20,22,24)/t11-/m1/s1. The van der Waals surface area contributed by atoms with Crippen LogP contribution in [-0.4, -0.2) is 28.8 Å². The summed E-state index contributed by atoms with van der Waals surface area (Å²) >= 11 is 6.90. The van der Waals surface area contributed by atoms with E-state index in [-0.39, 0.29) is 17.1 Å². The molecule has 2 rings (SSSR count). The van der Waals surface area contributed by atoms with E-state index in [2.05, 4.69) is 22.2 Å². The molecule has 1 atom stereocenters. The van der Waals surface area contributed by atoms with E-state index in [0.29, 0.717) is 11.7 Å². The van der Waals surface area contributed by atoms with Crippen molar-refractivity contribution in [3.05, 3.63) is 41.4 Å². The van der Waals surface area contributed by atoms with Crippen molar-refractivity contribution in [2.75, 3.05) is 11.9 Å². The predicted octanol–water partition coefficient (Wildman–Crippen LogP) is 3.46. The number of hydrogen-bond acceptors (Lipinski definition) is 4. The number of alkyl halides is 3. The van der Waals surface area contributed by atoms with Crippen LogP contribution < -0.4 is 10.6 Å². The fourth-order valence-corrected chi connectivity index (χ4v) is 3.07. The van der Waals surface area contributed by atoms with Gasteiger partial charge in [-0.1, -0.05) is 29.4 Å². The summed E-state index contributed by atoms with van der Waals surface area (Å²) in [5.41, 5.74) is -1.09. The van der Waals surface area contributed by atoms with Crippen molar-refractivity contribution in [2.24, 2.45) is 4.99 Å². The second-order valence-electron chi connectivity index (χ2n) is 4.97. The molecule has 10 heteroatoms. The van der Waals surface area contributed by atoms with Gasteiger partial charge in [-0.3, -0.25) is 14.6 Å². The van der Waals surface area contributed by atoms with Crippen LogP contribution in [0.15, 0.2) is 35.8 Å². The van der Waals surface area contributed by atoms with Crippen LogP contribution in [0.5, 0.6) is 0 Å². The van der Waals surface area contributed by atoms with Crippen molar-refractivity contribution >= 4 is 46.0 Å². The lowest BCUT2D eigenvalue weighted by atomic mass is 10.2. The summed E-state index contributed by atoms with van der Waals surface area (Å²) in [7, 11) is 0. The minimum atomic E-state index is -4.55. The lowest BCUT2D eigenvalue weighted by Crippen LogP contribution is -2.28. The molecule has 1 aromatic carbocycles.